The predicted molar refractivity (Wildman–Crippen MR) is 62.7 cm³/mol. The normalized spacial score (nSPS) is 16.8. The zero-order chi connectivity index (χ0) is 12.7. The summed E-state index contributed by atoms with van der Waals surface area (Å²) in [5.41, 5.74) is 0. The first kappa shape index (κ1) is 14.0. The Balaban J connectivity index is 2.12. The van der Waals surface area contributed by atoms with Gasteiger partial charge in [0.15, 0.2) is 0 Å². The number of ether oxygens (including phenoxy) is 1. The van der Waals surface area contributed by atoms with Crippen molar-refractivity contribution >= 4 is 11.9 Å². The molecule has 1 heterocycles. The Labute approximate surface area is 102 Å². The van der Waals surface area contributed by atoms with Crippen molar-refractivity contribution in [3.63, 3.8) is 0 Å². The van der Waals surface area contributed by atoms with E-state index in [-0.39, 0.29) is 12.5 Å². The summed E-state index contributed by atoms with van der Waals surface area (Å²) in [5.74, 6) is -0.383. The van der Waals surface area contributed by atoms with Gasteiger partial charge in [-0.2, -0.15) is 0 Å². The van der Waals surface area contributed by atoms with Crippen molar-refractivity contribution in [3.05, 3.63) is 0 Å². The lowest BCUT2D eigenvalue weighted by molar-refractivity contribution is -0.143. The molecule has 1 aliphatic heterocycles. The monoisotopic (exact) mass is 243 g/mol. The number of carbonyl (C=O) groups is 2. The van der Waals surface area contributed by atoms with E-state index < -0.39 is 5.97 Å². The fraction of sp³-hybridized carbons (Fsp3) is 0.833. The molecule has 0 spiro atoms. The zero-order valence-electron chi connectivity index (χ0n) is 10.4. The summed E-state index contributed by atoms with van der Waals surface area (Å²) in [6, 6.07) is 0. The van der Waals surface area contributed by atoms with E-state index in [1.165, 1.54) is 11.9 Å². The average molecular weight is 243 g/mol. The van der Waals surface area contributed by atoms with Crippen LogP contribution in [0.5, 0.6) is 0 Å². The van der Waals surface area contributed by atoms with Gasteiger partial charge in [0.2, 0.25) is 5.91 Å². The molecule has 0 bridgehead atoms. The number of hydrogen-bond acceptors (Lipinski definition) is 3. The molecule has 1 rings (SSSR count). The van der Waals surface area contributed by atoms with E-state index in [0.717, 1.165) is 38.9 Å². The Hall–Kier alpha value is -1.10. The van der Waals surface area contributed by atoms with Crippen LogP contribution in [0.15, 0.2) is 0 Å². The first-order valence-electron chi connectivity index (χ1n) is 6.13. The standard InChI is InChI=1S/C12H21NO4/c1-13(9-12(15)16)11(14)4-2-3-10-5-7-17-8-6-10/h10H,2-9H2,1H3,(H,15,16). The van der Waals surface area contributed by atoms with Crippen LogP contribution in [0.2, 0.25) is 0 Å². The summed E-state index contributed by atoms with van der Waals surface area (Å²) in [6.07, 6.45) is 4.49. The molecule has 1 amide bonds. The third kappa shape index (κ3) is 5.68. The van der Waals surface area contributed by atoms with Crippen LogP contribution in [0.25, 0.3) is 0 Å². The molecular weight excluding hydrogens is 222 g/mol. The number of aliphatic carboxylic acids is 1. The van der Waals surface area contributed by atoms with E-state index in [4.69, 9.17) is 9.84 Å². The van der Waals surface area contributed by atoms with Gasteiger partial charge in [-0.1, -0.05) is 0 Å². The van der Waals surface area contributed by atoms with Crippen molar-refractivity contribution in [3.8, 4) is 0 Å². The molecule has 1 N–H and O–H groups in total. The lowest BCUT2D eigenvalue weighted by atomic mass is 9.94. The van der Waals surface area contributed by atoms with Crippen LogP contribution < -0.4 is 0 Å². The fourth-order valence-corrected chi connectivity index (χ4v) is 2.06. The highest BCUT2D eigenvalue weighted by Crippen LogP contribution is 2.20. The second-order valence-electron chi connectivity index (χ2n) is 4.59. The third-order valence-electron chi connectivity index (χ3n) is 3.14. The Morgan fingerprint density at radius 2 is 2.00 bits per heavy atom. The maximum Gasteiger partial charge on any atom is 0.323 e. The van der Waals surface area contributed by atoms with Gasteiger partial charge in [-0.3, -0.25) is 9.59 Å². The Morgan fingerprint density at radius 3 is 2.59 bits per heavy atom. The Bertz CT molecular complexity index is 261. The molecule has 0 atom stereocenters. The van der Waals surface area contributed by atoms with E-state index in [9.17, 15) is 9.59 Å². The second kappa shape index (κ2) is 7.27. The van der Waals surface area contributed by atoms with Crippen molar-refractivity contribution in [1.82, 2.24) is 4.90 Å². The SMILES string of the molecule is CN(CC(=O)O)C(=O)CCCC1CCOCC1. The molecule has 1 saturated heterocycles. The van der Waals surface area contributed by atoms with Gasteiger partial charge in [0.1, 0.15) is 6.54 Å². The molecule has 0 aromatic heterocycles. The summed E-state index contributed by atoms with van der Waals surface area (Å²) in [5, 5.41) is 8.55. The summed E-state index contributed by atoms with van der Waals surface area (Å²) in [6.45, 7) is 1.45. The third-order valence-corrected chi connectivity index (χ3v) is 3.14. The van der Waals surface area contributed by atoms with Crippen molar-refractivity contribution in [2.75, 3.05) is 26.8 Å². The van der Waals surface area contributed by atoms with Crippen LogP contribution in [-0.2, 0) is 14.3 Å². The van der Waals surface area contributed by atoms with Gasteiger partial charge in [0.25, 0.3) is 0 Å². The summed E-state index contributed by atoms with van der Waals surface area (Å²) in [4.78, 5) is 23.3. The van der Waals surface area contributed by atoms with Crippen LogP contribution in [0.1, 0.15) is 32.1 Å². The summed E-state index contributed by atoms with van der Waals surface area (Å²) < 4.78 is 5.27. The van der Waals surface area contributed by atoms with Gasteiger partial charge >= 0.3 is 5.97 Å². The van der Waals surface area contributed by atoms with E-state index in [1.807, 2.05) is 0 Å². The fourth-order valence-electron chi connectivity index (χ4n) is 2.06. The van der Waals surface area contributed by atoms with E-state index >= 15 is 0 Å². The largest absolute Gasteiger partial charge is 0.480 e. The number of nitrogens with zero attached hydrogens (tertiary/aromatic N) is 1. The molecule has 0 aromatic rings. The second-order valence-corrected chi connectivity index (χ2v) is 4.59. The van der Waals surface area contributed by atoms with Gasteiger partial charge in [0.05, 0.1) is 0 Å². The minimum Gasteiger partial charge on any atom is -0.480 e. The van der Waals surface area contributed by atoms with Crippen LogP contribution in [0, 0.1) is 5.92 Å². The number of likely N-dealkylation sites (N-methyl/N-ethyl adjacent to an activating group) is 1. The molecule has 0 saturated carbocycles. The minimum absolute atomic E-state index is 0.0838. The maximum absolute atomic E-state index is 11.6. The van der Waals surface area contributed by atoms with Gasteiger partial charge in [0, 0.05) is 26.7 Å². The van der Waals surface area contributed by atoms with Gasteiger partial charge in [-0.05, 0) is 31.6 Å². The molecule has 0 radical (unpaired) electrons. The molecule has 5 heteroatoms. The summed E-state index contributed by atoms with van der Waals surface area (Å²) >= 11 is 0. The van der Waals surface area contributed by atoms with Crippen LogP contribution in [0.3, 0.4) is 0 Å². The van der Waals surface area contributed by atoms with Crippen LogP contribution in [0.4, 0.5) is 0 Å². The van der Waals surface area contributed by atoms with Gasteiger partial charge in [-0.15, -0.1) is 0 Å². The highest BCUT2D eigenvalue weighted by atomic mass is 16.5. The van der Waals surface area contributed by atoms with Crippen molar-refractivity contribution < 1.29 is 19.4 Å². The topological polar surface area (TPSA) is 66.8 Å². The molecule has 5 nitrogen and oxygen atoms in total. The number of carboxylic acid groups (broad SMARTS) is 1. The number of hydrogen-bond donors (Lipinski definition) is 1. The van der Waals surface area contributed by atoms with Crippen molar-refractivity contribution in [2.24, 2.45) is 5.92 Å². The lowest BCUT2D eigenvalue weighted by Gasteiger charge is -2.22. The average Bonchev–Trinajstić information content (AvgIpc) is 2.29. The maximum atomic E-state index is 11.6. The van der Waals surface area contributed by atoms with Gasteiger partial charge < -0.3 is 14.7 Å². The molecular formula is C12H21NO4. The lowest BCUT2D eigenvalue weighted by Crippen LogP contribution is -2.31. The minimum atomic E-state index is -0.967. The van der Waals surface area contributed by atoms with E-state index in [1.54, 1.807) is 0 Å². The quantitative estimate of drug-likeness (QED) is 0.759. The molecule has 17 heavy (non-hydrogen) atoms. The number of amides is 1. The highest BCUT2D eigenvalue weighted by Gasteiger charge is 2.15. The molecule has 1 fully saturated rings. The highest BCUT2D eigenvalue weighted by molar-refractivity contribution is 5.80. The van der Waals surface area contributed by atoms with Crippen molar-refractivity contribution in [1.29, 1.82) is 0 Å². The van der Waals surface area contributed by atoms with Crippen LogP contribution in [-0.4, -0.2) is 48.7 Å². The smallest absolute Gasteiger partial charge is 0.323 e. The summed E-state index contributed by atoms with van der Waals surface area (Å²) in [7, 11) is 1.53. The molecule has 0 aromatic carbocycles. The first-order chi connectivity index (χ1) is 8.09. The van der Waals surface area contributed by atoms with Crippen LogP contribution >= 0.6 is 0 Å². The Kier molecular flexibility index (Phi) is 5.97. The number of carboxylic acids is 1. The Morgan fingerprint density at radius 1 is 1.35 bits per heavy atom. The zero-order valence-corrected chi connectivity index (χ0v) is 10.4. The number of rotatable bonds is 6. The van der Waals surface area contributed by atoms with E-state index in [0.29, 0.717) is 12.3 Å². The molecule has 98 valence electrons. The van der Waals surface area contributed by atoms with Crippen molar-refractivity contribution in [2.45, 2.75) is 32.1 Å². The molecule has 0 unspecified atom stereocenters. The van der Waals surface area contributed by atoms with Gasteiger partial charge in [-0.25, -0.2) is 0 Å². The first-order valence-corrected chi connectivity index (χ1v) is 6.13. The molecule has 1 aliphatic rings. The predicted octanol–water partition coefficient (Wildman–Crippen LogP) is 1.13. The van der Waals surface area contributed by atoms with E-state index in [2.05, 4.69) is 0 Å². The molecule has 0 aliphatic carbocycles. The number of carbonyl (C=O) groups excluding carboxylic acids is 1.